The Balaban J connectivity index is 1.87. The van der Waals surface area contributed by atoms with Crippen LogP contribution in [0, 0.1) is 0 Å². The molecular weight excluding hydrogens is 264 g/mol. The lowest BCUT2D eigenvalue weighted by Gasteiger charge is -2.24. The van der Waals surface area contributed by atoms with E-state index in [1.165, 1.54) is 4.90 Å². The number of benzene rings is 1. The summed E-state index contributed by atoms with van der Waals surface area (Å²) in [5.41, 5.74) is 0.642. The Morgan fingerprint density at radius 1 is 1.35 bits per heavy atom. The van der Waals surface area contributed by atoms with Crippen LogP contribution in [0.15, 0.2) is 30.3 Å². The van der Waals surface area contributed by atoms with Crippen molar-refractivity contribution in [2.75, 3.05) is 11.5 Å². The minimum absolute atomic E-state index is 0.359. The zero-order valence-corrected chi connectivity index (χ0v) is 10.6. The van der Waals surface area contributed by atoms with Gasteiger partial charge in [-0.2, -0.15) is 0 Å². The maximum atomic E-state index is 12.0. The third-order valence-electron chi connectivity index (χ3n) is 3.67. The molecule has 5 atom stereocenters. The molecule has 108 valence electrons. The van der Waals surface area contributed by atoms with E-state index < -0.39 is 37.2 Å². The van der Waals surface area contributed by atoms with Crippen LogP contribution in [0.5, 0.6) is 0 Å². The summed E-state index contributed by atoms with van der Waals surface area (Å²) in [6, 6.07) is 7.94. The van der Waals surface area contributed by atoms with Crippen LogP contribution in [0.1, 0.15) is 0 Å². The quantitative estimate of drug-likeness (QED) is 0.570. The number of anilines is 1. The number of fused-ring (bicyclic) bond motifs is 1. The van der Waals surface area contributed by atoms with E-state index in [1.807, 2.05) is 6.07 Å². The molecule has 2 aliphatic heterocycles. The first kappa shape index (κ1) is 13.3. The summed E-state index contributed by atoms with van der Waals surface area (Å²) in [5, 5.41) is 31.4. The molecule has 0 saturated carbocycles. The van der Waals surface area contributed by atoms with Gasteiger partial charge < -0.3 is 25.4 Å². The Morgan fingerprint density at radius 2 is 2.05 bits per heavy atom. The molecule has 3 rings (SSSR count). The second kappa shape index (κ2) is 5.02. The number of hydrogen-bond donors (Lipinski definition) is 4. The van der Waals surface area contributed by atoms with Crippen molar-refractivity contribution >= 4 is 11.7 Å². The molecule has 0 radical (unpaired) electrons. The van der Waals surface area contributed by atoms with E-state index in [4.69, 9.17) is 9.84 Å². The van der Waals surface area contributed by atoms with Crippen molar-refractivity contribution in [2.45, 2.75) is 30.6 Å². The largest absolute Gasteiger partial charge is 0.394 e. The molecule has 20 heavy (non-hydrogen) atoms. The number of para-hydroxylation sites is 1. The van der Waals surface area contributed by atoms with Crippen molar-refractivity contribution in [2.24, 2.45) is 0 Å². The second-order valence-electron chi connectivity index (χ2n) is 4.91. The van der Waals surface area contributed by atoms with Crippen molar-refractivity contribution < 1.29 is 24.9 Å². The monoisotopic (exact) mass is 280 g/mol. The smallest absolute Gasteiger partial charge is 0.324 e. The van der Waals surface area contributed by atoms with Gasteiger partial charge in [-0.3, -0.25) is 4.90 Å². The molecule has 2 aliphatic rings. The lowest BCUT2D eigenvalue weighted by Crippen LogP contribution is -2.45. The van der Waals surface area contributed by atoms with Gasteiger partial charge in [0.25, 0.3) is 0 Å². The van der Waals surface area contributed by atoms with Crippen molar-refractivity contribution in [3.8, 4) is 0 Å². The van der Waals surface area contributed by atoms with Crippen molar-refractivity contribution in [3.63, 3.8) is 0 Å². The number of amides is 2. The minimum Gasteiger partial charge on any atom is -0.394 e. The van der Waals surface area contributed by atoms with Gasteiger partial charge >= 0.3 is 6.03 Å². The maximum Gasteiger partial charge on any atom is 0.324 e. The van der Waals surface area contributed by atoms with Crippen LogP contribution in [-0.2, 0) is 4.74 Å². The molecule has 0 bridgehead atoms. The highest BCUT2D eigenvalue weighted by molar-refractivity contribution is 5.95. The van der Waals surface area contributed by atoms with Crippen LogP contribution in [0.25, 0.3) is 0 Å². The fraction of sp³-hybridized carbons (Fsp3) is 0.462. The molecule has 0 unspecified atom stereocenters. The van der Waals surface area contributed by atoms with E-state index in [1.54, 1.807) is 24.3 Å². The van der Waals surface area contributed by atoms with Gasteiger partial charge in [-0.05, 0) is 12.1 Å². The van der Waals surface area contributed by atoms with Crippen LogP contribution in [0.2, 0.25) is 0 Å². The molecule has 1 aromatic carbocycles. The number of rotatable bonds is 3. The van der Waals surface area contributed by atoms with E-state index in [9.17, 15) is 15.0 Å². The Hall–Kier alpha value is -1.67. The summed E-state index contributed by atoms with van der Waals surface area (Å²) < 4.78 is 5.57. The van der Waals surface area contributed by atoms with Gasteiger partial charge in [-0.15, -0.1) is 0 Å². The molecule has 0 aliphatic carbocycles. The number of carbonyl (C=O) groups excluding carboxylic acids is 1. The predicted molar refractivity (Wildman–Crippen MR) is 69.0 cm³/mol. The summed E-state index contributed by atoms with van der Waals surface area (Å²) >= 11 is 0. The van der Waals surface area contributed by atoms with Crippen LogP contribution in [-0.4, -0.2) is 58.5 Å². The van der Waals surface area contributed by atoms with Gasteiger partial charge in [0.15, 0.2) is 6.23 Å². The number of urea groups is 1. The molecule has 2 fully saturated rings. The van der Waals surface area contributed by atoms with Crippen molar-refractivity contribution in [1.29, 1.82) is 0 Å². The van der Waals surface area contributed by atoms with E-state index in [2.05, 4.69) is 5.32 Å². The highest BCUT2D eigenvalue weighted by Crippen LogP contribution is 2.33. The van der Waals surface area contributed by atoms with E-state index in [0.29, 0.717) is 5.69 Å². The molecule has 2 saturated heterocycles. The first-order valence-corrected chi connectivity index (χ1v) is 6.40. The van der Waals surface area contributed by atoms with Gasteiger partial charge in [0.1, 0.15) is 24.4 Å². The van der Waals surface area contributed by atoms with Gasteiger partial charge in [0, 0.05) is 5.69 Å². The number of aliphatic hydroxyl groups excluding tert-OH is 3. The number of ether oxygens (including phenoxy) is 1. The van der Waals surface area contributed by atoms with Crippen LogP contribution >= 0.6 is 0 Å². The summed E-state index contributed by atoms with van der Waals surface area (Å²) in [6.45, 7) is -0.513. The number of hydrogen-bond acceptors (Lipinski definition) is 5. The van der Waals surface area contributed by atoms with Gasteiger partial charge in [0.05, 0.1) is 6.61 Å². The normalized spacial score (nSPS) is 34.0. The Labute approximate surface area is 115 Å². The summed E-state index contributed by atoms with van der Waals surface area (Å²) in [5.74, 6) is 0. The van der Waals surface area contributed by atoms with Crippen LogP contribution < -0.4 is 10.2 Å². The highest BCUT2D eigenvalue weighted by Gasteiger charge is 2.55. The molecule has 2 amide bonds. The lowest BCUT2D eigenvalue weighted by atomic mass is 10.0. The zero-order chi connectivity index (χ0) is 14.3. The standard InChI is InChI=1S/C13H16N2O5/c16-6-8(17)11-10(18)9-12(20-11)15(13(19)14-9)7-4-2-1-3-5-7/h1-5,8-12,16-18H,6H2,(H,14,19)/t8-,9+,10-,11-,12-/m1/s1. The Kier molecular flexibility index (Phi) is 3.35. The summed E-state index contributed by atoms with van der Waals surface area (Å²) in [4.78, 5) is 13.4. The fourth-order valence-corrected chi connectivity index (χ4v) is 2.68. The number of aliphatic hydroxyl groups is 3. The topological polar surface area (TPSA) is 102 Å². The molecule has 7 heteroatoms. The van der Waals surface area contributed by atoms with Crippen LogP contribution in [0.4, 0.5) is 10.5 Å². The molecule has 2 heterocycles. The summed E-state index contributed by atoms with van der Waals surface area (Å²) in [7, 11) is 0. The molecular formula is C13H16N2O5. The number of nitrogens with one attached hydrogen (secondary N) is 1. The molecule has 4 N–H and O–H groups in total. The molecule has 1 aromatic rings. The third-order valence-corrected chi connectivity index (χ3v) is 3.67. The molecule has 7 nitrogen and oxygen atoms in total. The third kappa shape index (κ3) is 1.95. The second-order valence-corrected chi connectivity index (χ2v) is 4.91. The van der Waals surface area contributed by atoms with Gasteiger partial charge in [-0.1, -0.05) is 18.2 Å². The van der Waals surface area contributed by atoms with E-state index >= 15 is 0 Å². The highest BCUT2D eigenvalue weighted by atomic mass is 16.6. The predicted octanol–water partition coefficient (Wildman–Crippen LogP) is -0.976. The average molecular weight is 280 g/mol. The average Bonchev–Trinajstić information content (AvgIpc) is 2.95. The van der Waals surface area contributed by atoms with E-state index in [-0.39, 0.29) is 6.03 Å². The first-order chi connectivity index (χ1) is 9.63. The lowest BCUT2D eigenvalue weighted by molar-refractivity contribution is -0.0804. The van der Waals surface area contributed by atoms with Gasteiger partial charge in [0.2, 0.25) is 0 Å². The molecule has 0 aromatic heterocycles. The maximum absolute atomic E-state index is 12.0. The van der Waals surface area contributed by atoms with Crippen LogP contribution in [0.3, 0.4) is 0 Å². The summed E-state index contributed by atoms with van der Waals surface area (Å²) in [6.07, 6.45) is -3.89. The Morgan fingerprint density at radius 3 is 2.70 bits per heavy atom. The first-order valence-electron chi connectivity index (χ1n) is 6.40. The Bertz CT molecular complexity index is 497. The number of nitrogens with zero attached hydrogens (tertiary/aromatic N) is 1. The molecule has 0 spiro atoms. The zero-order valence-electron chi connectivity index (χ0n) is 10.6. The van der Waals surface area contributed by atoms with Crippen molar-refractivity contribution in [3.05, 3.63) is 30.3 Å². The van der Waals surface area contributed by atoms with E-state index in [0.717, 1.165) is 0 Å². The SMILES string of the molecule is O=C1N[C@H]2[C@@H](O)[C@@H]([C@H](O)CO)O[C@H]2N1c1ccccc1. The van der Waals surface area contributed by atoms with Crippen molar-refractivity contribution in [1.82, 2.24) is 5.32 Å². The number of carbonyl (C=O) groups is 1. The fourth-order valence-electron chi connectivity index (χ4n) is 2.68. The minimum atomic E-state index is -1.19. The van der Waals surface area contributed by atoms with Gasteiger partial charge in [-0.25, -0.2) is 4.79 Å².